The van der Waals surface area contributed by atoms with Crippen molar-refractivity contribution < 1.29 is 138 Å². The normalized spacial score (nSPS) is 44.2. The lowest BCUT2D eigenvalue weighted by Crippen LogP contribution is -2.69. The fraction of sp³-hybridized carbons (Fsp3) is 1.00. The molecule has 0 amide bonds. The Labute approximate surface area is 619 Å². The van der Waals surface area contributed by atoms with Crippen LogP contribution < -0.4 is 0 Å². The lowest BCUT2D eigenvalue weighted by molar-refractivity contribution is -0.394. The molecule has 21 heterocycles. The lowest BCUT2D eigenvalue weighted by atomic mass is 9.94. The highest BCUT2D eigenvalue weighted by Crippen LogP contribution is 2.40. The Morgan fingerprint density at radius 1 is 0.152 bits per heavy atom. The zero-order valence-electron chi connectivity index (χ0n) is 64.2. The Morgan fingerprint density at radius 2 is 0.248 bits per heavy atom. The summed E-state index contributed by atoms with van der Waals surface area (Å²) in [5.41, 5.74) is 0. The molecular formula is C70H133N7O28. The Balaban J connectivity index is 1.23. The molecule has 35 atom stereocenters. The molecule has 35 nitrogen and oxygen atoms in total. The summed E-state index contributed by atoms with van der Waals surface area (Å²) in [7, 11) is 0. The molecule has 14 N–H and O–H groups in total. The van der Waals surface area contributed by atoms with Crippen LogP contribution in [0.4, 0.5) is 0 Å². The maximum absolute atomic E-state index is 12.4. The average Bonchev–Trinajstić information content (AvgIpc) is 0.789. The van der Waals surface area contributed by atoms with E-state index in [4.69, 9.17) is 66.3 Å². The van der Waals surface area contributed by atoms with E-state index in [2.05, 4.69) is 0 Å². The summed E-state index contributed by atoms with van der Waals surface area (Å²) < 4.78 is 92.2. The predicted molar refractivity (Wildman–Crippen MR) is 373 cm³/mol. The number of hydrogen-bond donors (Lipinski definition) is 14. The molecule has 0 aliphatic carbocycles. The van der Waals surface area contributed by atoms with Gasteiger partial charge in [-0.3, -0.25) is 0 Å². The van der Waals surface area contributed by atoms with Crippen molar-refractivity contribution in [2.75, 3.05) is 137 Å². The van der Waals surface area contributed by atoms with Gasteiger partial charge in [0.1, 0.15) is 171 Å². The van der Waals surface area contributed by atoms with Gasteiger partial charge in [0.15, 0.2) is 44.0 Å². The van der Waals surface area contributed by atoms with E-state index in [0.717, 1.165) is 0 Å². The Morgan fingerprint density at radius 3 is 0.333 bits per heavy atom. The number of rotatable bonds is 28. The second-order valence-corrected chi connectivity index (χ2v) is 28.8. The summed E-state index contributed by atoms with van der Waals surface area (Å²) >= 11 is 0. The standard InChI is InChI=1S/C70H133N7O28/c1-15-71(16-2)29-36-57-43(78)50(85)64(92-36)100-58-37(30-72(17-3)18-4)94-66(52(87)45(58)80)102-60-39(32-74(21-7)22-8)96-68(54(89)47(60)82)104-62-41(34-76(25-11)26-12)98-70(56(91)49(62)84)105-63-42(35-77(27-13)28-14)97-69(55(90)48(63)83)103-61-40(33-75(23-9)24-10)95-67(53(88)46(61)81)101-59-38(31-73(19-5)20-6)93-65(99-57)51(86)44(59)79/h36-70,78-91H,15-35H2,1-14H3/t36-,37-,38-,39-,40-,41-,42-,43-,44-,45-,46-,47-,48-,49-,50-,51-,52-,53-,54-,55-,56-,57-,58-,59-,60-,61-,62-,63-,64-,65-,66-,67-,68-,69-,70-/m1/s1. The smallest absolute Gasteiger partial charge is 0.187 e. The van der Waals surface area contributed by atoms with Crippen molar-refractivity contribution in [1.82, 2.24) is 34.3 Å². The molecule has 0 aromatic rings. The van der Waals surface area contributed by atoms with E-state index in [-0.39, 0.29) is 45.8 Å². The number of aliphatic hydroxyl groups is 14. The first-order chi connectivity index (χ1) is 50.2. The monoisotopic (exact) mass is 1520 g/mol. The number of hydrogen-bond acceptors (Lipinski definition) is 35. The first-order valence-corrected chi connectivity index (χ1v) is 38.9. The quantitative estimate of drug-likeness (QED) is 0.0347. The summed E-state index contributed by atoms with van der Waals surface area (Å²) in [6, 6.07) is 0. The molecule has 14 bridgehead atoms. The van der Waals surface area contributed by atoms with Crippen molar-refractivity contribution in [2.45, 2.75) is 312 Å². The third-order valence-electron chi connectivity index (χ3n) is 22.9. The van der Waals surface area contributed by atoms with Crippen LogP contribution in [0.1, 0.15) is 96.9 Å². The predicted octanol–water partition coefficient (Wildman–Crippen LogP) is -5.78. The summed E-state index contributed by atoms with van der Waals surface area (Å²) in [5, 5.41) is 173. The zero-order valence-corrected chi connectivity index (χ0v) is 64.2. The van der Waals surface area contributed by atoms with E-state index >= 15 is 0 Å². The molecular weight excluding hydrogens is 1390 g/mol. The molecule has 0 saturated carbocycles. The van der Waals surface area contributed by atoms with Crippen LogP contribution in [-0.2, 0) is 66.3 Å². The van der Waals surface area contributed by atoms with Gasteiger partial charge < -0.3 is 172 Å². The highest BCUT2D eigenvalue weighted by molar-refractivity contribution is 5.04. The minimum absolute atomic E-state index is 0.0236. The van der Waals surface area contributed by atoms with Crippen LogP contribution in [0.2, 0.25) is 0 Å². The van der Waals surface area contributed by atoms with E-state index in [1.54, 1.807) is 0 Å². The van der Waals surface area contributed by atoms with Crippen molar-refractivity contribution in [2.24, 2.45) is 0 Å². The number of aliphatic hydroxyl groups excluding tert-OH is 14. The molecule has 21 rings (SSSR count). The van der Waals surface area contributed by atoms with E-state index < -0.39 is 215 Å². The highest BCUT2D eigenvalue weighted by Gasteiger charge is 2.60. The third kappa shape index (κ3) is 21.0. The van der Waals surface area contributed by atoms with Gasteiger partial charge in [-0.15, -0.1) is 0 Å². The molecule has 0 aromatic carbocycles. The van der Waals surface area contributed by atoms with Crippen LogP contribution in [-0.4, -0.2) is 458 Å². The fourth-order valence-corrected chi connectivity index (χ4v) is 15.6. The third-order valence-corrected chi connectivity index (χ3v) is 22.9. The topological polar surface area (TPSA) is 435 Å². The van der Waals surface area contributed by atoms with Gasteiger partial charge >= 0.3 is 0 Å². The SMILES string of the molecule is CCN(CC)C[C@H]1O[C@@H]2O[C@H]3[C@H](O)[C@@H](O)[C@@H](O[C@H]4[C@H](O)[C@@H](O)[C@@H](O[C@H]5[C@H](O)[C@@H](O)[C@@H](O[C@H]6[C@H](O)[C@@H](O)[C@@H](O[C@H]7[C@H](O)[C@@H](O)[C@@H](O[C@H]8[C@H](O)[C@@H](O)[C@@H](O[C@H]1[C@H](O)[C@H]2O)O[C@@H]8CN(CC)CC)O[C@@H]7CN(CC)CC)O[C@@H]6CN(CC)CC)O[C@@H]5CN(CC)CC)O[C@@H]4CN(CC)CC)O[C@@H]3CN(CC)CC. The van der Waals surface area contributed by atoms with Crippen LogP contribution >= 0.6 is 0 Å². The van der Waals surface area contributed by atoms with Crippen molar-refractivity contribution in [3.05, 3.63) is 0 Å². The molecule has 0 aromatic heterocycles. The summed E-state index contributed by atoms with van der Waals surface area (Å²) in [6.07, 6.45) is -58.8. The molecule has 21 aliphatic heterocycles. The molecule has 0 radical (unpaired) electrons. The summed E-state index contributed by atoms with van der Waals surface area (Å²) in [6.45, 7) is 33.3. The molecule has 105 heavy (non-hydrogen) atoms. The molecule has 616 valence electrons. The van der Waals surface area contributed by atoms with Crippen molar-refractivity contribution in [3.8, 4) is 0 Å². The zero-order chi connectivity index (χ0) is 77.0. The van der Waals surface area contributed by atoms with E-state index in [1.807, 2.05) is 131 Å². The van der Waals surface area contributed by atoms with E-state index in [1.165, 1.54) is 0 Å². The van der Waals surface area contributed by atoms with Crippen LogP contribution in [0.15, 0.2) is 0 Å². The molecule has 21 saturated heterocycles. The molecule has 35 heteroatoms. The van der Waals surface area contributed by atoms with Gasteiger partial charge in [-0.2, -0.15) is 0 Å². The van der Waals surface area contributed by atoms with Crippen LogP contribution in [0.3, 0.4) is 0 Å². The Hall–Kier alpha value is -1.40. The highest BCUT2D eigenvalue weighted by atomic mass is 16.8. The van der Waals surface area contributed by atoms with Gasteiger partial charge in [0.25, 0.3) is 0 Å². The van der Waals surface area contributed by atoms with E-state index in [0.29, 0.717) is 91.6 Å². The number of ether oxygens (including phenoxy) is 14. The second-order valence-electron chi connectivity index (χ2n) is 28.8. The second kappa shape index (κ2) is 41.6. The summed E-state index contributed by atoms with van der Waals surface area (Å²) in [5.74, 6) is 0. The molecule has 0 spiro atoms. The van der Waals surface area contributed by atoms with Crippen LogP contribution in [0, 0.1) is 0 Å². The van der Waals surface area contributed by atoms with Gasteiger partial charge in [-0.1, -0.05) is 96.9 Å². The van der Waals surface area contributed by atoms with Crippen molar-refractivity contribution in [3.63, 3.8) is 0 Å². The molecule has 21 aliphatic rings. The largest absolute Gasteiger partial charge is 0.387 e. The average molecular weight is 1520 g/mol. The fourth-order valence-electron chi connectivity index (χ4n) is 15.6. The molecule has 0 unspecified atom stereocenters. The van der Waals surface area contributed by atoms with Gasteiger partial charge in [0.2, 0.25) is 0 Å². The van der Waals surface area contributed by atoms with Gasteiger partial charge in [-0.05, 0) is 91.6 Å². The Kier molecular flexibility index (Phi) is 35.3. The molecule has 21 fully saturated rings. The summed E-state index contributed by atoms with van der Waals surface area (Å²) in [4.78, 5) is 13.6. The maximum Gasteiger partial charge on any atom is 0.187 e. The maximum atomic E-state index is 12.4. The van der Waals surface area contributed by atoms with E-state index in [9.17, 15) is 71.5 Å². The van der Waals surface area contributed by atoms with Gasteiger partial charge in [0.05, 0.1) is 0 Å². The van der Waals surface area contributed by atoms with Crippen LogP contribution in [0.5, 0.6) is 0 Å². The Bertz CT molecular complexity index is 2000. The van der Waals surface area contributed by atoms with Gasteiger partial charge in [-0.25, -0.2) is 0 Å². The lowest BCUT2D eigenvalue weighted by Gasteiger charge is -2.51. The minimum Gasteiger partial charge on any atom is -0.387 e. The van der Waals surface area contributed by atoms with Crippen LogP contribution in [0.25, 0.3) is 0 Å². The van der Waals surface area contributed by atoms with Crippen molar-refractivity contribution >= 4 is 0 Å². The number of likely N-dealkylation sites (N-methyl/N-ethyl adjacent to an activating group) is 7. The number of nitrogens with zero attached hydrogens (tertiary/aromatic N) is 7. The first-order valence-electron chi connectivity index (χ1n) is 38.9. The van der Waals surface area contributed by atoms with Crippen molar-refractivity contribution in [1.29, 1.82) is 0 Å². The van der Waals surface area contributed by atoms with Gasteiger partial charge in [0, 0.05) is 45.8 Å². The minimum atomic E-state index is -1.98. The first kappa shape index (κ1) is 89.2.